The Morgan fingerprint density at radius 2 is 1.76 bits per heavy atom. The number of halogens is 1. The van der Waals surface area contributed by atoms with Gasteiger partial charge in [-0.05, 0) is 36.8 Å². The summed E-state index contributed by atoms with van der Waals surface area (Å²) < 4.78 is 15.0. The van der Waals surface area contributed by atoms with Gasteiger partial charge in [0, 0.05) is 11.9 Å². The molecule has 0 saturated carbocycles. The van der Waals surface area contributed by atoms with Crippen molar-refractivity contribution < 1.29 is 4.39 Å². The Kier molecular flexibility index (Phi) is 3.69. The Bertz CT molecular complexity index is 718. The van der Waals surface area contributed by atoms with Gasteiger partial charge in [-0.15, -0.1) is 0 Å². The van der Waals surface area contributed by atoms with Crippen LogP contribution in [0, 0.1) is 12.7 Å². The van der Waals surface area contributed by atoms with Gasteiger partial charge >= 0.3 is 0 Å². The van der Waals surface area contributed by atoms with Gasteiger partial charge in [0.15, 0.2) is 0 Å². The standard InChI is InChI=1S/C17H16FN3/c1-13-11-21(12-14-7-9-15(18)10-8-14)17(19-13)20-16-5-3-2-4-6-16/h2-11H,12H2,1H3,(H,19,20). The fraction of sp³-hybridized carbons (Fsp3) is 0.118. The van der Waals surface area contributed by atoms with Crippen LogP contribution in [-0.2, 0) is 6.54 Å². The molecule has 0 saturated heterocycles. The zero-order valence-corrected chi connectivity index (χ0v) is 11.8. The van der Waals surface area contributed by atoms with Crippen molar-refractivity contribution in [3.05, 3.63) is 77.9 Å². The van der Waals surface area contributed by atoms with E-state index in [0.29, 0.717) is 6.54 Å². The Morgan fingerprint density at radius 3 is 2.48 bits per heavy atom. The number of aryl methyl sites for hydroxylation is 1. The quantitative estimate of drug-likeness (QED) is 0.779. The minimum atomic E-state index is -0.219. The smallest absolute Gasteiger partial charge is 0.207 e. The van der Waals surface area contributed by atoms with Gasteiger partial charge in [0.1, 0.15) is 5.82 Å². The first kappa shape index (κ1) is 13.4. The molecule has 1 heterocycles. The van der Waals surface area contributed by atoms with Crippen molar-refractivity contribution in [1.82, 2.24) is 9.55 Å². The average molecular weight is 281 g/mol. The third-order valence-corrected chi connectivity index (χ3v) is 3.19. The van der Waals surface area contributed by atoms with Gasteiger partial charge in [0.2, 0.25) is 5.95 Å². The van der Waals surface area contributed by atoms with E-state index < -0.39 is 0 Å². The molecule has 3 rings (SSSR count). The van der Waals surface area contributed by atoms with Gasteiger partial charge in [0.05, 0.1) is 12.2 Å². The number of para-hydroxylation sites is 1. The molecule has 0 bridgehead atoms. The number of nitrogens with one attached hydrogen (secondary N) is 1. The predicted octanol–water partition coefficient (Wildman–Crippen LogP) is 4.12. The third-order valence-electron chi connectivity index (χ3n) is 3.19. The lowest BCUT2D eigenvalue weighted by Crippen LogP contribution is -2.04. The van der Waals surface area contributed by atoms with E-state index >= 15 is 0 Å². The summed E-state index contributed by atoms with van der Waals surface area (Å²) in [6, 6.07) is 16.4. The lowest BCUT2D eigenvalue weighted by molar-refractivity contribution is 0.626. The maximum atomic E-state index is 13.0. The van der Waals surface area contributed by atoms with Crippen LogP contribution in [0.15, 0.2) is 60.8 Å². The molecule has 0 fully saturated rings. The molecule has 21 heavy (non-hydrogen) atoms. The van der Waals surface area contributed by atoms with Crippen LogP contribution in [0.25, 0.3) is 0 Å². The molecular weight excluding hydrogens is 265 g/mol. The minimum Gasteiger partial charge on any atom is -0.326 e. The van der Waals surface area contributed by atoms with Crippen molar-refractivity contribution in [2.24, 2.45) is 0 Å². The highest BCUT2D eigenvalue weighted by atomic mass is 19.1. The molecule has 0 aliphatic rings. The van der Waals surface area contributed by atoms with Crippen LogP contribution in [0.4, 0.5) is 16.0 Å². The van der Waals surface area contributed by atoms with Crippen molar-refractivity contribution in [1.29, 1.82) is 0 Å². The van der Waals surface area contributed by atoms with E-state index in [-0.39, 0.29) is 5.82 Å². The summed E-state index contributed by atoms with van der Waals surface area (Å²) in [5.74, 6) is 0.561. The molecule has 3 aromatic rings. The molecule has 106 valence electrons. The molecule has 4 heteroatoms. The van der Waals surface area contributed by atoms with Gasteiger partial charge in [-0.1, -0.05) is 30.3 Å². The first-order valence-corrected chi connectivity index (χ1v) is 6.81. The molecule has 2 aromatic carbocycles. The van der Waals surface area contributed by atoms with Crippen LogP contribution in [0.5, 0.6) is 0 Å². The average Bonchev–Trinajstić information content (AvgIpc) is 2.82. The lowest BCUT2D eigenvalue weighted by atomic mass is 10.2. The van der Waals surface area contributed by atoms with Crippen molar-refractivity contribution >= 4 is 11.6 Å². The van der Waals surface area contributed by atoms with Crippen LogP contribution < -0.4 is 5.32 Å². The van der Waals surface area contributed by atoms with E-state index in [2.05, 4.69) is 10.3 Å². The third kappa shape index (κ3) is 3.28. The number of imidazole rings is 1. The Hall–Kier alpha value is -2.62. The number of hydrogen-bond acceptors (Lipinski definition) is 2. The molecule has 0 unspecified atom stereocenters. The Morgan fingerprint density at radius 1 is 1.05 bits per heavy atom. The molecule has 0 spiro atoms. The summed E-state index contributed by atoms with van der Waals surface area (Å²) in [5.41, 5.74) is 2.96. The monoisotopic (exact) mass is 281 g/mol. The molecular formula is C17H16FN3. The molecule has 0 aliphatic carbocycles. The maximum absolute atomic E-state index is 13.0. The molecule has 1 N–H and O–H groups in total. The second kappa shape index (κ2) is 5.79. The zero-order chi connectivity index (χ0) is 14.7. The predicted molar refractivity (Wildman–Crippen MR) is 82.2 cm³/mol. The number of hydrogen-bond donors (Lipinski definition) is 1. The van der Waals surface area contributed by atoms with Gasteiger partial charge in [-0.2, -0.15) is 0 Å². The van der Waals surface area contributed by atoms with Crippen LogP contribution >= 0.6 is 0 Å². The molecule has 0 amide bonds. The van der Waals surface area contributed by atoms with Crippen LogP contribution in [-0.4, -0.2) is 9.55 Å². The van der Waals surface area contributed by atoms with E-state index in [1.807, 2.05) is 48.0 Å². The van der Waals surface area contributed by atoms with E-state index in [1.54, 1.807) is 12.1 Å². The number of aromatic nitrogens is 2. The second-order valence-electron chi connectivity index (χ2n) is 4.95. The normalized spacial score (nSPS) is 10.6. The van der Waals surface area contributed by atoms with E-state index in [4.69, 9.17) is 0 Å². The summed E-state index contributed by atoms with van der Waals surface area (Å²) in [5, 5.41) is 3.30. The topological polar surface area (TPSA) is 29.9 Å². The van der Waals surface area contributed by atoms with Crippen LogP contribution in [0.2, 0.25) is 0 Å². The molecule has 0 aliphatic heterocycles. The number of rotatable bonds is 4. The highest BCUT2D eigenvalue weighted by Crippen LogP contribution is 2.17. The highest BCUT2D eigenvalue weighted by molar-refractivity contribution is 5.53. The number of nitrogens with zero attached hydrogens (tertiary/aromatic N) is 2. The molecule has 3 nitrogen and oxygen atoms in total. The highest BCUT2D eigenvalue weighted by Gasteiger charge is 2.06. The van der Waals surface area contributed by atoms with Crippen molar-refractivity contribution in [2.45, 2.75) is 13.5 Å². The summed E-state index contributed by atoms with van der Waals surface area (Å²) >= 11 is 0. The Labute approximate surface area is 123 Å². The lowest BCUT2D eigenvalue weighted by Gasteiger charge is -2.10. The summed E-state index contributed by atoms with van der Waals surface area (Å²) in [7, 11) is 0. The molecule has 0 atom stereocenters. The number of anilines is 2. The molecule has 1 aromatic heterocycles. The SMILES string of the molecule is Cc1cn(Cc2ccc(F)cc2)c(Nc2ccccc2)n1. The largest absolute Gasteiger partial charge is 0.326 e. The van der Waals surface area contributed by atoms with Gasteiger partial charge in [-0.3, -0.25) is 0 Å². The zero-order valence-electron chi connectivity index (χ0n) is 11.8. The van der Waals surface area contributed by atoms with E-state index in [9.17, 15) is 4.39 Å². The Balaban J connectivity index is 1.84. The summed E-state index contributed by atoms with van der Waals surface area (Å²) in [6.45, 7) is 2.60. The van der Waals surface area contributed by atoms with Crippen molar-refractivity contribution in [2.75, 3.05) is 5.32 Å². The number of benzene rings is 2. The van der Waals surface area contributed by atoms with Crippen LogP contribution in [0.3, 0.4) is 0 Å². The maximum Gasteiger partial charge on any atom is 0.207 e. The van der Waals surface area contributed by atoms with E-state index in [0.717, 1.165) is 22.9 Å². The first-order valence-electron chi connectivity index (χ1n) is 6.81. The van der Waals surface area contributed by atoms with Gasteiger partial charge in [0.25, 0.3) is 0 Å². The van der Waals surface area contributed by atoms with Gasteiger partial charge < -0.3 is 9.88 Å². The van der Waals surface area contributed by atoms with Crippen molar-refractivity contribution in [3.63, 3.8) is 0 Å². The summed E-state index contributed by atoms with van der Waals surface area (Å²) in [4.78, 5) is 4.50. The van der Waals surface area contributed by atoms with Gasteiger partial charge in [-0.25, -0.2) is 9.37 Å². The second-order valence-corrected chi connectivity index (χ2v) is 4.95. The van der Waals surface area contributed by atoms with E-state index in [1.165, 1.54) is 12.1 Å². The minimum absolute atomic E-state index is 0.219. The fourth-order valence-electron chi connectivity index (χ4n) is 2.20. The fourth-order valence-corrected chi connectivity index (χ4v) is 2.20. The first-order chi connectivity index (χ1) is 10.2. The molecule has 0 radical (unpaired) electrons. The van der Waals surface area contributed by atoms with Crippen LogP contribution in [0.1, 0.15) is 11.3 Å². The summed E-state index contributed by atoms with van der Waals surface area (Å²) in [6.07, 6.45) is 1.98. The van der Waals surface area contributed by atoms with Crippen molar-refractivity contribution in [3.8, 4) is 0 Å².